The summed E-state index contributed by atoms with van der Waals surface area (Å²) in [4.78, 5) is 26.0. The highest BCUT2D eigenvalue weighted by molar-refractivity contribution is 5.76. The molecular weight excluding hydrogens is 332 g/mol. The van der Waals surface area contributed by atoms with Crippen molar-refractivity contribution in [1.82, 2.24) is 25.3 Å². The van der Waals surface area contributed by atoms with Crippen molar-refractivity contribution in [1.29, 1.82) is 0 Å². The first-order valence-electron chi connectivity index (χ1n) is 8.99. The zero-order valence-corrected chi connectivity index (χ0v) is 15.6. The average molecular weight is 358 g/mol. The van der Waals surface area contributed by atoms with Gasteiger partial charge in [0.25, 0.3) is 5.56 Å². The maximum Gasteiger partial charge on any atom is 0.268 e. The summed E-state index contributed by atoms with van der Waals surface area (Å²) in [6.45, 7) is 6.30. The summed E-state index contributed by atoms with van der Waals surface area (Å²) in [5, 5.41) is 14.2. The maximum atomic E-state index is 12.1. The summed E-state index contributed by atoms with van der Waals surface area (Å²) in [5.41, 5.74) is 3.87. The monoisotopic (exact) mass is 358 g/mol. The molecule has 2 aromatic rings. The van der Waals surface area contributed by atoms with Crippen molar-refractivity contribution in [3.05, 3.63) is 39.6 Å². The van der Waals surface area contributed by atoms with Crippen LogP contribution in [0.5, 0.6) is 0 Å². The van der Waals surface area contributed by atoms with Gasteiger partial charge < -0.3 is 10.2 Å². The van der Waals surface area contributed by atoms with E-state index >= 15 is 0 Å². The number of rotatable bonds is 6. The Morgan fingerprint density at radius 1 is 1.42 bits per heavy atom. The summed E-state index contributed by atoms with van der Waals surface area (Å²) in [7, 11) is 1.64. The van der Waals surface area contributed by atoms with E-state index < -0.39 is 0 Å². The summed E-state index contributed by atoms with van der Waals surface area (Å²) in [6, 6.07) is 1.61. The number of aryl methyl sites for hydroxylation is 3. The molecule has 1 saturated heterocycles. The van der Waals surface area contributed by atoms with Crippen molar-refractivity contribution in [2.24, 2.45) is 13.0 Å². The molecular formula is C18H26N6O2. The quantitative estimate of drug-likeness (QED) is 0.792. The average Bonchev–Trinajstić information content (AvgIpc) is 3.21. The fourth-order valence-electron chi connectivity index (χ4n) is 3.39. The second kappa shape index (κ2) is 7.72. The van der Waals surface area contributed by atoms with Crippen molar-refractivity contribution < 1.29 is 4.79 Å². The Balaban J connectivity index is 1.44. The Labute approximate surface area is 152 Å². The summed E-state index contributed by atoms with van der Waals surface area (Å²) in [6.07, 6.45) is 3.89. The van der Waals surface area contributed by atoms with Crippen LogP contribution in [-0.4, -0.2) is 45.5 Å². The highest BCUT2D eigenvalue weighted by Gasteiger charge is 2.23. The van der Waals surface area contributed by atoms with Crippen LogP contribution in [0.3, 0.4) is 0 Å². The molecule has 0 radical (unpaired) electrons. The van der Waals surface area contributed by atoms with Gasteiger partial charge >= 0.3 is 0 Å². The van der Waals surface area contributed by atoms with E-state index in [4.69, 9.17) is 0 Å². The molecule has 2 N–H and O–H groups in total. The number of carbonyl (C=O) groups excluding carboxylic acids is 1. The van der Waals surface area contributed by atoms with E-state index in [1.807, 2.05) is 13.8 Å². The third-order valence-corrected chi connectivity index (χ3v) is 5.08. The lowest BCUT2D eigenvalue weighted by Gasteiger charge is -2.18. The minimum Gasteiger partial charge on any atom is -0.370 e. The third-order valence-electron chi connectivity index (χ3n) is 5.08. The lowest BCUT2D eigenvalue weighted by molar-refractivity contribution is -0.121. The van der Waals surface area contributed by atoms with Gasteiger partial charge in [-0.1, -0.05) is 0 Å². The number of aromatic amines is 1. The molecule has 1 fully saturated rings. The predicted molar refractivity (Wildman–Crippen MR) is 99.2 cm³/mol. The van der Waals surface area contributed by atoms with Gasteiger partial charge in [0.1, 0.15) is 0 Å². The smallest absolute Gasteiger partial charge is 0.268 e. The Hall–Kier alpha value is -2.64. The van der Waals surface area contributed by atoms with Crippen LogP contribution in [0.2, 0.25) is 0 Å². The highest BCUT2D eigenvalue weighted by Crippen LogP contribution is 2.21. The normalized spacial score (nSPS) is 16.9. The van der Waals surface area contributed by atoms with E-state index in [1.54, 1.807) is 19.3 Å². The van der Waals surface area contributed by atoms with E-state index in [0.29, 0.717) is 25.3 Å². The van der Waals surface area contributed by atoms with E-state index in [2.05, 4.69) is 25.5 Å². The lowest BCUT2D eigenvalue weighted by atomic mass is 10.1. The minimum absolute atomic E-state index is 0.0682. The Morgan fingerprint density at radius 2 is 2.23 bits per heavy atom. The van der Waals surface area contributed by atoms with Gasteiger partial charge in [-0.2, -0.15) is 10.2 Å². The molecule has 1 amide bonds. The van der Waals surface area contributed by atoms with Gasteiger partial charge in [-0.3, -0.25) is 14.7 Å². The largest absolute Gasteiger partial charge is 0.370 e. The predicted octanol–water partition coefficient (Wildman–Crippen LogP) is 0.696. The van der Waals surface area contributed by atoms with Crippen molar-refractivity contribution in [3.63, 3.8) is 0 Å². The standard InChI is InChI=1S/C18H26N6O2/c1-12-16(13(2)22-21-12)4-5-17(25)19-9-14-6-7-24(11-14)15-8-18(26)23(3)20-10-15/h8,10,14H,4-7,9,11H2,1-3H3,(H,19,25)(H,21,22)/t14-/m0/s1. The number of amides is 1. The first kappa shape index (κ1) is 18.2. The van der Waals surface area contributed by atoms with Gasteiger partial charge in [-0.05, 0) is 38.2 Å². The summed E-state index contributed by atoms with van der Waals surface area (Å²) in [5.74, 6) is 0.458. The van der Waals surface area contributed by atoms with Crippen LogP contribution in [0.25, 0.3) is 0 Å². The highest BCUT2D eigenvalue weighted by atomic mass is 16.1. The molecule has 0 saturated carbocycles. The fraction of sp³-hybridized carbons (Fsp3) is 0.556. The second-order valence-corrected chi connectivity index (χ2v) is 6.99. The number of nitrogens with one attached hydrogen (secondary N) is 2. The number of hydrogen-bond donors (Lipinski definition) is 2. The van der Waals surface area contributed by atoms with Crippen LogP contribution in [0.15, 0.2) is 17.1 Å². The minimum atomic E-state index is -0.107. The number of aromatic nitrogens is 4. The van der Waals surface area contributed by atoms with E-state index in [9.17, 15) is 9.59 Å². The van der Waals surface area contributed by atoms with Gasteiger partial charge in [0.15, 0.2) is 0 Å². The molecule has 0 spiro atoms. The van der Waals surface area contributed by atoms with Crippen molar-refractivity contribution in [3.8, 4) is 0 Å². The molecule has 1 atom stereocenters. The Bertz CT molecular complexity index is 821. The van der Waals surface area contributed by atoms with Crippen LogP contribution in [0, 0.1) is 19.8 Å². The number of nitrogens with zero attached hydrogens (tertiary/aromatic N) is 4. The van der Waals surface area contributed by atoms with Crippen LogP contribution < -0.4 is 15.8 Å². The van der Waals surface area contributed by atoms with E-state index in [0.717, 1.165) is 42.1 Å². The molecule has 140 valence electrons. The van der Waals surface area contributed by atoms with Crippen molar-refractivity contribution >= 4 is 11.6 Å². The molecule has 0 unspecified atom stereocenters. The Morgan fingerprint density at radius 3 is 2.92 bits per heavy atom. The van der Waals surface area contributed by atoms with Crippen molar-refractivity contribution in [2.75, 3.05) is 24.5 Å². The number of anilines is 1. The number of carbonyl (C=O) groups is 1. The molecule has 0 bridgehead atoms. The molecule has 1 aliphatic rings. The van der Waals surface area contributed by atoms with Crippen LogP contribution in [0.1, 0.15) is 29.8 Å². The van der Waals surface area contributed by atoms with E-state index in [1.165, 1.54) is 4.68 Å². The van der Waals surface area contributed by atoms with Gasteiger partial charge in [-0.15, -0.1) is 0 Å². The van der Waals surface area contributed by atoms with Crippen LogP contribution in [-0.2, 0) is 18.3 Å². The molecule has 3 heterocycles. The number of H-pyrrole nitrogens is 1. The SMILES string of the molecule is Cc1n[nH]c(C)c1CCC(=O)NC[C@@H]1CCN(c2cnn(C)c(=O)c2)C1. The molecule has 8 heteroatoms. The summed E-state index contributed by atoms with van der Waals surface area (Å²) < 4.78 is 1.32. The zero-order chi connectivity index (χ0) is 18.7. The third kappa shape index (κ3) is 4.12. The topological polar surface area (TPSA) is 95.9 Å². The van der Waals surface area contributed by atoms with Gasteiger partial charge in [0.05, 0.1) is 17.6 Å². The van der Waals surface area contributed by atoms with Crippen molar-refractivity contribution in [2.45, 2.75) is 33.1 Å². The second-order valence-electron chi connectivity index (χ2n) is 6.99. The van der Waals surface area contributed by atoms with Crippen LogP contribution >= 0.6 is 0 Å². The zero-order valence-electron chi connectivity index (χ0n) is 15.6. The van der Waals surface area contributed by atoms with Gasteiger partial charge in [-0.25, -0.2) is 4.68 Å². The first-order chi connectivity index (χ1) is 12.4. The molecule has 3 rings (SSSR count). The Kier molecular flexibility index (Phi) is 5.39. The summed E-state index contributed by atoms with van der Waals surface area (Å²) >= 11 is 0. The molecule has 1 aliphatic heterocycles. The molecule has 0 aromatic carbocycles. The lowest BCUT2D eigenvalue weighted by Crippen LogP contribution is -2.31. The molecule has 2 aromatic heterocycles. The maximum absolute atomic E-state index is 12.1. The van der Waals surface area contributed by atoms with Gasteiger partial charge in [0, 0.05) is 44.9 Å². The van der Waals surface area contributed by atoms with E-state index in [-0.39, 0.29) is 11.5 Å². The fourth-order valence-corrected chi connectivity index (χ4v) is 3.39. The number of hydrogen-bond acceptors (Lipinski definition) is 5. The molecule has 26 heavy (non-hydrogen) atoms. The van der Waals surface area contributed by atoms with Gasteiger partial charge in [0.2, 0.25) is 5.91 Å². The molecule has 8 nitrogen and oxygen atoms in total. The first-order valence-corrected chi connectivity index (χ1v) is 8.99. The molecule has 0 aliphatic carbocycles. The van der Waals surface area contributed by atoms with Crippen LogP contribution in [0.4, 0.5) is 5.69 Å².